The first-order valence-corrected chi connectivity index (χ1v) is 12.4. The number of nitrogens with one attached hydrogen (secondary N) is 1. The van der Waals surface area contributed by atoms with Crippen molar-refractivity contribution in [2.45, 2.75) is 51.0 Å². The fourth-order valence-electron chi connectivity index (χ4n) is 6.38. The minimum atomic E-state index is -1.03. The van der Waals surface area contributed by atoms with Crippen LogP contribution in [-0.4, -0.2) is 42.6 Å². The van der Waals surface area contributed by atoms with Crippen molar-refractivity contribution in [1.82, 2.24) is 0 Å². The highest BCUT2D eigenvalue weighted by Crippen LogP contribution is 2.53. The number of fused-ring (bicyclic) bond motifs is 2. The highest BCUT2D eigenvalue weighted by atomic mass is 16.5. The average Bonchev–Trinajstić information content (AvgIpc) is 2.82. The molecule has 0 aliphatic heterocycles. The van der Waals surface area contributed by atoms with Gasteiger partial charge in [-0.25, -0.2) is 0 Å². The van der Waals surface area contributed by atoms with Crippen molar-refractivity contribution in [2.24, 2.45) is 29.4 Å². The summed E-state index contributed by atoms with van der Waals surface area (Å²) >= 11 is 0. The van der Waals surface area contributed by atoms with Crippen LogP contribution in [0.5, 0.6) is 5.75 Å². The molecule has 2 aliphatic rings. The molecule has 180 valence electrons. The molecule has 5 unspecified atom stereocenters. The molecule has 0 saturated heterocycles. The number of benzene rings is 2. The van der Waals surface area contributed by atoms with E-state index >= 15 is 0 Å². The smallest absolute Gasteiger partial charge is 0.122 e. The van der Waals surface area contributed by atoms with Gasteiger partial charge in [0.25, 0.3) is 0 Å². The lowest BCUT2D eigenvalue weighted by atomic mass is 9.58. The third kappa shape index (κ3) is 5.21. The van der Waals surface area contributed by atoms with Gasteiger partial charge >= 0.3 is 0 Å². The highest BCUT2D eigenvalue weighted by molar-refractivity contribution is 5.68. The van der Waals surface area contributed by atoms with Crippen LogP contribution in [0.15, 0.2) is 42.5 Å². The number of methoxy groups -OCH3 is 1. The molecule has 5 N–H and O–H groups in total. The van der Waals surface area contributed by atoms with Crippen molar-refractivity contribution in [2.75, 3.05) is 32.2 Å². The Labute approximate surface area is 198 Å². The maximum Gasteiger partial charge on any atom is 0.122 e. The maximum atomic E-state index is 9.38. The second-order valence-corrected chi connectivity index (χ2v) is 10.7. The average molecular weight is 453 g/mol. The number of ether oxygens (including phenoxy) is 1. The van der Waals surface area contributed by atoms with Crippen molar-refractivity contribution in [3.63, 3.8) is 0 Å². The molecule has 2 bridgehead atoms. The molecule has 2 fully saturated rings. The fraction of sp³-hybridized carbons (Fsp3) is 0.571. The van der Waals surface area contributed by atoms with Crippen molar-refractivity contribution < 1.29 is 14.9 Å². The second kappa shape index (κ2) is 10.0. The predicted molar refractivity (Wildman–Crippen MR) is 135 cm³/mol. The van der Waals surface area contributed by atoms with Gasteiger partial charge in [-0.1, -0.05) is 32.0 Å². The first-order valence-electron chi connectivity index (χ1n) is 12.4. The van der Waals surface area contributed by atoms with Crippen LogP contribution in [0.2, 0.25) is 0 Å². The number of aliphatic hydroxyl groups is 2. The minimum absolute atomic E-state index is 0.274. The molecule has 2 aromatic carbocycles. The molecule has 2 saturated carbocycles. The topological polar surface area (TPSA) is 87.7 Å². The Balaban J connectivity index is 1.57. The van der Waals surface area contributed by atoms with E-state index in [-0.39, 0.29) is 13.2 Å². The van der Waals surface area contributed by atoms with Crippen LogP contribution in [0.4, 0.5) is 5.69 Å². The summed E-state index contributed by atoms with van der Waals surface area (Å²) in [7, 11) is 1.79. The van der Waals surface area contributed by atoms with E-state index < -0.39 is 5.54 Å². The van der Waals surface area contributed by atoms with E-state index in [1.807, 2.05) is 12.1 Å². The van der Waals surface area contributed by atoms with Crippen LogP contribution in [0, 0.1) is 23.7 Å². The number of hydrogen-bond donors (Lipinski definition) is 4. The van der Waals surface area contributed by atoms with Gasteiger partial charge in [-0.3, -0.25) is 0 Å². The minimum Gasteiger partial charge on any atom is -0.496 e. The number of hydrogen-bond acceptors (Lipinski definition) is 5. The molecule has 0 radical (unpaired) electrons. The Morgan fingerprint density at radius 3 is 2.33 bits per heavy atom. The molecule has 4 rings (SSSR count). The van der Waals surface area contributed by atoms with Gasteiger partial charge in [0.15, 0.2) is 0 Å². The lowest BCUT2D eigenvalue weighted by Gasteiger charge is -2.47. The van der Waals surface area contributed by atoms with Crippen molar-refractivity contribution in [1.29, 1.82) is 0 Å². The molecular formula is C28H40N2O3. The zero-order chi connectivity index (χ0) is 23.6. The zero-order valence-electron chi connectivity index (χ0n) is 20.3. The number of anilines is 1. The van der Waals surface area contributed by atoms with E-state index in [0.29, 0.717) is 18.4 Å². The summed E-state index contributed by atoms with van der Waals surface area (Å²) in [5, 5.41) is 22.0. The van der Waals surface area contributed by atoms with Gasteiger partial charge in [-0.05, 0) is 96.2 Å². The monoisotopic (exact) mass is 452 g/mol. The normalized spacial score (nSPS) is 27.3. The molecule has 2 aliphatic carbocycles. The molecular weight excluding hydrogens is 412 g/mol. The quantitative estimate of drug-likeness (QED) is 0.469. The van der Waals surface area contributed by atoms with Crippen molar-refractivity contribution in [3.05, 3.63) is 48.0 Å². The summed E-state index contributed by atoms with van der Waals surface area (Å²) < 4.78 is 5.84. The number of rotatable bonds is 8. The summed E-state index contributed by atoms with van der Waals surface area (Å²) in [5.41, 5.74) is 9.56. The lowest BCUT2D eigenvalue weighted by Crippen LogP contribution is -2.52. The summed E-state index contributed by atoms with van der Waals surface area (Å²) in [6.45, 7) is 4.60. The van der Waals surface area contributed by atoms with Crippen molar-refractivity contribution in [3.8, 4) is 16.9 Å². The third-order valence-electron chi connectivity index (χ3n) is 7.98. The Hall–Kier alpha value is -2.08. The third-order valence-corrected chi connectivity index (χ3v) is 7.98. The summed E-state index contributed by atoms with van der Waals surface area (Å²) in [5.74, 6) is 4.69. The first kappa shape index (κ1) is 24.1. The Morgan fingerprint density at radius 1 is 0.970 bits per heavy atom. The van der Waals surface area contributed by atoms with E-state index in [0.717, 1.165) is 34.8 Å². The zero-order valence-corrected chi connectivity index (χ0v) is 20.3. The SMILES string of the molecule is COc1ccc(-c2ccc(NCC(N)(CO)CO)cc2)cc1C1C(C)CC2CC(C)CC1C2. The summed E-state index contributed by atoms with van der Waals surface area (Å²) in [6, 6.07) is 14.9. The van der Waals surface area contributed by atoms with Crippen LogP contribution in [-0.2, 0) is 0 Å². The molecule has 0 heterocycles. The van der Waals surface area contributed by atoms with E-state index in [1.54, 1.807) is 7.11 Å². The summed E-state index contributed by atoms with van der Waals surface area (Å²) in [6.07, 6.45) is 5.40. The van der Waals surface area contributed by atoms with Gasteiger partial charge in [-0.15, -0.1) is 0 Å². The van der Waals surface area contributed by atoms with E-state index in [1.165, 1.54) is 36.8 Å². The Bertz CT molecular complexity index is 921. The fourth-order valence-corrected chi connectivity index (χ4v) is 6.38. The highest BCUT2D eigenvalue weighted by Gasteiger charge is 2.41. The van der Waals surface area contributed by atoms with Crippen LogP contribution >= 0.6 is 0 Å². The van der Waals surface area contributed by atoms with Gasteiger partial charge in [0.1, 0.15) is 5.75 Å². The molecule has 2 aromatic rings. The van der Waals surface area contributed by atoms with Crippen LogP contribution in [0.3, 0.4) is 0 Å². The maximum absolute atomic E-state index is 9.38. The van der Waals surface area contributed by atoms with Crippen LogP contribution < -0.4 is 15.8 Å². The largest absolute Gasteiger partial charge is 0.496 e. The van der Waals surface area contributed by atoms with Gasteiger partial charge in [0, 0.05) is 12.2 Å². The number of nitrogens with two attached hydrogens (primary N) is 1. The van der Waals surface area contributed by atoms with Crippen LogP contribution in [0.25, 0.3) is 11.1 Å². The molecule has 33 heavy (non-hydrogen) atoms. The molecule has 0 aromatic heterocycles. The van der Waals surface area contributed by atoms with Crippen molar-refractivity contribution >= 4 is 5.69 Å². The second-order valence-electron chi connectivity index (χ2n) is 10.7. The predicted octanol–water partition coefficient (Wildman–Crippen LogP) is 4.63. The van der Waals surface area contributed by atoms with Gasteiger partial charge in [0.05, 0.1) is 25.9 Å². The summed E-state index contributed by atoms with van der Waals surface area (Å²) in [4.78, 5) is 0. The van der Waals surface area contributed by atoms with Gasteiger partial charge in [0.2, 0.25) is 0 Å². The van der Waals surface area contributed by atoms with Gasteiger partial charge < -0.3 is 26.0 Å². The molecule has 0 spiro atoms. The van der Waals surface area contributed by atoms with E-state index in [4.69, 9.17) is 10.5 Å². The van der Waals surface area contributed by atoms with Gasteiger partial charge in [-0.2, -0.15) is 0 Å². The Kier molecular flexibility index (Phi) is 7.32. The number of aliphatic hydroxyl groups excluding tert-OH is 2. The molecule has 0 amide bonds. The molecule has 5 nitrogen and oxygen atoms in total. The Morgan fingerprint density at radius 2 is 1.67 bits per heavy atom. The lowest BCUT2D eigenvalue weighted by molar-refractivity contribution is 0.0842. The molecule has 5 heteroatoms. The van der Waals surface area contributed by atoms with E-state index in [2.05, 4.69) is 49.5 Å². The first-order chi connectivity index (χ1) is 15.9. The standard InChI is InChI=1S/C28H40N2O3/c1-18-10-20-12-19(2)27(23(11-18)13-20)25-14-22(6-9-26(25)33-3)21-4-7-24(8-5-21)30-15-28(29,16-31)17-32/h4-9,14,18-20,23,27,30-32H,10-13,15-17,29H2,1-3H3. The van der Waals surface area contributed by atoms with E-state index in [9.17, 15) is 10.2 Å². The molecule has 5 atom stereocenters. The van der Waals surface area contributed by atoms with Crippen LogP contribution in [0.1, 0.15) is 51.0 Å².